The van der Waals surface area contributed by atoms with Crippen LogP contribution in [0.25, 0.3) is 0 Å². The number of hydrogen-bond donors (Lipinski definition) is 3. The maximum atomic E-state index is 11.4. The number of carbonyl (C=O) groups is 1. The zero-order valence-corrected chi connectivity index (χ0v) is 9.44. The van der Waals surface area contributed by atoms with Gasteiger partial charge < -0.3 is 15.5 Å². The number of aliphatic hydroxyl groups is 2. The largest absolute Gasteiger partial charge is 0.394 e. The summed E-state index contributed by atoms with van der Waals surface area (Å²) in [4.78, 5) is 11.4. The van der Waals surface area contributed by atoms with Crippen LogP contribution in [-0.4, -0.2) is 28.8 Å². The molecule has 0 aromatic heterocycles. The van der Waals surface area contributed by atoms with Gasteiger partial charge in [0.2, 0.25) is 5.91 Å². The van der Waals surface area contributed by atoms with Crippen molar-refractivity contribution in [2.24, 2.45) is 0 Å². The summed E-state index contributed by atoms with van der Waals surface area (Å²) in [7, 11) is 0. The van der Waals surface area contributed by atoms with Crippen LogP contribution in [0.1, 0.15) is 12.8 Å². The van der Waals surface area contributed by atoms with E-state index in [-0.39, 0.29) is 25.4 Å². The molecular formula is C11H14ClNO3. The van der Waals surface area contributed by atoms with Gasteiger partial charge >= 0.3 is 0 Å². The molecule has 0 saturated heterocycles. The van der Waals surface area contributed by atoms with Crippen molar-refractivity contribution in [3.05, 3.63) is 29.3 Å². The number of carbonyl (C=O) groups excluding carboxylic acids is 1. The Labute approximate surface area is 98.9 Å². The molecule has 0 fully saturated rings. The molecule has 3 N–H and O–H groups in total. The Morgan fingerprint density at radius 2 is 2.00 bits per heavy atom. The third kappa shape index (κ3) is 4.61. The first-order chi connectivity index (χ1) is 7.61. The van der Waals surface area contributed by atoms with Crippen molar-refractivity contribution in [3.8, 4) is 0 Å². The Morgan fingerprint density at radius 3 is 2.56 bits per heavy atom. The molecule has 0 unspecified atom stereocenters. The van der Waals surface area contributed by atoms with Crippen molar-refractivity contribution in [3.63, 3.8) is 0 Å². The van der Waals surface area contributed by atoms with Crippen LogP contribution in [0.5, 0.6) is 0 Å². The summed E-state index contributed by atoms with van der Waals surface area (Å²) >= 11 is 5.70. The van der Waals surface area contributed by atoms with Gasteiger partial charge in [-0.1, -0.05) is 11.6 Å². The molecule has 1 rings (SSSR count). The highest BCUT2D eigenvalue weighted by Gasteiger charge is 2.07. The van der Waals surface area contributed by atoms with Crippen LogP contribution in [0, 0.1) is 0 Å². The third-order valence-electron chi connectivity index (χ3n) is 2.04. The Morgan fingerprint density at radius 1 is 1.38 bits per heavy atom. The average molecular weight is 244 g/mol. The van der Waals surface area contributed by atoms with Gasteiger partial charge in [0.1, 0.15) is 0 Å². The molecule has 0 heterocycles. The summed E-state index contributed by atoms with van der Waals surface area (Å²) in [6.07, 6.45) is -0.420. The maximum Gasteiger partial charge on any atom is 0.224 e. The van der Waals surface area contributed by atoms with Crippen molar-refractivity contribution in [2.75, 3.05) is 11.9 Å². The fraction of sp³-hybridized carbons (Fsp3) is 0.364. The molecular weight excluding hydrogens is 230 g/mol. The van der Waals surface area contributed by atoms with Crippen LogP contribution in [-0.2, 0) is 4.79 Å². The van der Waals surface area contributed by atoms with E-state index < -0.39 is 6.10 Å². The van der Waals surface area contributed by atoms with Crippen LogP contribution in [0.4, 0.5) is 5.69 Å². The SMILES string of the molecule is O=C(CC[C@H](O)CO)Nc1ccc(Cl)cc1. The topological polar surface area (TPSA) is 69.6 Å². The minimum Gasteiger partial charge on any atom is -0.394 e. The number of nitrogens with one attached hydrogen (secondary N) is 1. The van der Waals surface area contributed by atoms with Gasteiger partial charge in [-0.25, -0.2) is 0 Å². The van der Waals surface area contributed by atoms with Crippen molar-refractivity contribution in [2.45, 2.75) is 18.9 Å². The zero-order valence-electron chi connectivity index (χ0n) is 8.69. The van der Waals surface area contributed by atoms with Gasteiger partial charge in [0.25, 0.3) is 0 Å². The lowest BCUT2D eigenvalue weighted by molar-refractivity contribution is -0.116. The van der Waals surface area contributed by atoms with Crippen molar-refractivity contribution < 1.29 is 15.0 Å². The Hall–Kier alpha value is -1.10. The minimum atomic E-state index is -0.837. The predicted octanol–water partition coefficient (Wildman–Crippen LogP) is 1.41. The number of aliphatic hydroxyl groups excluding tert-OH is 2. The molecule has 88 valence electrons. The van der Waals surface area contributed by atoms with Gasteiger partial charge in [0.15, 0.2) is 0 Å². The van der Waals surface area contributed by atoms with E-state index in [0.717, 1.165) is 0 Å². The van der Waals surface area contributed by atoms with E-state index in [1.807, 2.05) is 0 Å². The van der Waals surface area contributed by atoms with E-state index in [1.54, 1.807) is 24.3 Å². The molecule has 1 aromatic rings. The highest BCUT2D eigenvalue weighted by atomic mass is 35.5. The Balaban J connectivity index is 2.37. The second-order valence-electron chi connectivity index (χ2n) is 3.43. The Bertz CT molecular complexity index is 340. The second kappa shape index (κ2) is 6.48. The summed E-state index contributed by atoms with van der Waals surface area (Å²) in [5.74, 6) is -0.199. The van der Waals surface area contributed by atoms with Gasteiger partial charge in [0, 0.05) is 17.1 Å². The first-order valence-electron chi connectivity index (χ1n) is 4.96. The van der Waals surface area contributed by atoms with Gasteiger partial charge in [0.05, 0.1) is 12.7 Å². The van der Waals surface area contributed by atoms with Gasteiger partial charge in [-0.05, 0) is 30.7 Å². The van der Waals surface area contributed by atoms with E-state index in [9.17, 15) is 4.79 Å². The summed E-state index contributed by atoms with van der Waals surface area (Å²) in [5, 5.41) is 20.9. The first-order valence-corrected chi connectivity index (χ1v) is 5.34. The predicted molar refractivity (Wildman–Crippen MR) is 62.4 cm³/mol. The fourth-order valence-corrected chi connectivity index (χ4v) is 1.27. The smallest absolute Gasteiger partial charge is 0.224 e. The Kier molecular flexibility index (Phi) is 5.25. The first kappa shape index (κ1) is 13.0. The maximum absolute atomic E-state index is 11.4. The molecule has 0 saturated carbocycles. The number of benzene rings is 1. The molecule has 1 aromatic carbocycles. The number of amides is 1. The van der Waals surface area contributed by atoms with E-state index in [2.05, 4.69) is 5.32 Å². The highest BCUT2D eigenvalue weighted by molar-refractivity contribution is 6.30. The summed E-state index contributed by atoms with van der Waals surface area (Å²) in [6, 6.07) is 6.75. The average Bonchev–Trinajstić information content (AvgIpc) is 2.29. The molecule has 1 amide bonds. The second-order valence-corrected chi connectivity index (χ2v) is 3.87. The molecule has 1 atom stereocenters. The van der Waals surface area contributed by atoms with E-state index in [4.69, 9.17) is 21.8 Å². The molecule has 4 nitrogen and oxygen atoms in total. The monoisotopic (exact) mass is 243 g/mol. The summed E-state index contributed by atoms with van der Waals surface area (Å²) in [5.41, 5.74) is 0.660. The number of anilines is 1. The normalized spacial score (nSPS) is 12.2. The fourth-order valence-electron chi connectivity index (χ4n) is 1.15. The zero-order chi connectivity index (χ0) is 12.0. The minimum absolute atomic E-state index is 0.171. The lowest BCUT2D eigenvalue weighted by Gasteiger charge is -2.07. The molecule has 0 aliphatic carbocycles. The van der Waals surface area contributed by atoms with E-state index >= 15 is 0 Å². The van der Waals surface area contributed by atoms with E-state index in [0.29, 0.717) is 10.7 Å². The van der Waals surface area contributed by atoms with Crippen LogP contribution in [0.15, 0.2) is 24.3 Å². The lowest BCUT2D eigenvalue weighted by Crippen LogP contribution is -2.17. The summed E-state index contributed by atoms with van der Waals surface area (Å²) < 4.78 is 0. The molecule has 0 spiro atoms. The molecule has 0 radical (unpaired) electrons. The summed E-state index contributed by atoms with van der Waals surface area (Å²) in [6.45, 7) is -0.325. The van der Waals surface area contributed by atoms with Crippen LogP contribution in [0.2, 0.25) is 5.02 Å². The molecule has 0 aliphatic heterocycles. The van der Waals surface area contributed by atoms with Crippen molar-refractivity contribution >= 4 is 23.2 Å². The van der Waals surface area contributed by atoms with Crippen LogP contribution < -0.4 is 5.32 Å². The van der Waals surface area contributed by atoms with Gasteiger partial charge in [-0.2, -0.15) is 0 Å². The number of hydrogen-bond acceptors (Lipinski definition) is 3. The molecule has 16 heavy (non-hydrogen) atoms. The molecule has 5 heteroatoms. The van der Waals surface area contributed by atoms with Crippen LogP contribution >= 0.6 is 11.6 Å². The van der Waals surface area contributed by atoms with Gasteiger partial charge in [-0.15, -0.1) is 0 Å². The number of rotatable bonds is 5. The standard InChI is InChI=1S/C11H14ClNO3/c12-8-1-3-9(4-2-8)13-11(16)6-5-10(15)7-14/h1-4,10,14-15H,5-7H2,(H,13,16)/t10-/m0/s1. The molecule has 0 aliphatic rings. The lowest BCUT2D eigenvalue weighted by atomic mass is 10.2. The van der Waals surface area contributed by atoms with Crippen molar-refractivity contribution in [1.82, 2.24) is 0 Å². The van der Waals surface area contributed by atoms with Crippen LogP contribution in [0.3, 0.4) is 0 Å². The third-order valence-corrected chi connectivity index (χ3v) is 2.30. The number of halogens is 1. The highest BCUT2D eigenvalue weighted by Crippen LogP contribution is 2.13. The van der Waals surface area contributed by atoms with E-state index in [1.165, 1.54) is 0 Å². The molecule has 0 bridgehead atoms. The van der Waals surface area contributed by atoms with Crippen molar-refractivity contribution in [1.29, 1.82) is 0 Å². The van der Waals surface area contributed by atoms with Gasteiger partial charge in [-0.3, -0.25) is 4.79 Å². The quantitative estimate of drug-likeness (QED) is 0.733.